The molecule has 1 aromatic carbocycles. The summed E-state index contributed by atoms with van der Waals surface area (Å²) in [5.41, 5.74) is 1.74. The molecule has 0 saturated heterocycles. The van der Waals surface area contributed by atoms with Crippen LogP contribution in [-0.4, -0.2) is 17.3 Å². The van der Waals surface area contributed by atoms with Crippen LogP contribution < -0.4 is 5.32 Å². The minimum Gasteiger partial charge on any atom is -0.392 e. The molecule has 0 aromatic heterocycles. The third-order valence-corrected chi connectivity index (χ3v) is 2.51. The van der Waals surface area contributed by atoms with Crippen molar-refractivity contribution in [1.82, 2.24) is 0 Å². The van der Waals surface area contributed by atoms with E-state index in [2.05, 4.69) is 5.32 Å². The first-order valence-electron chi connectivity index (χ1n) is 4.56. The van der Waals surface area contributed by atoms with Crippen molar-refractivity contribution in [3.63, 3.8) is 0 Å². The largest absolute Gasteiger partial charge is 0.408 e. The number of hydrogen-bond donors (Lipinski definition) is 2. The predicted molar refractivity (Wildman–Crippen MR) is 49.5 cm³/mol. The van der Waals surface area contributed by atoms with E-state index < -0.39 is 12.2 Å². The Bertz CT molecular complexity index is 375. The minimum absolute atomic E-state index is 0.0372. The van der Waals surface area contributed by atoms with Gasteiger partial charge in [-0.25, -0.2) is 0 Å². The van der Waals surface area contributed by atoms with Gasteiger partial charge in [-0.2, -0.15) is 13.2 Å². The van der Waals surface area contributed by atoms with E-state index in [0.29, 0.717) is 16.8 Å². The molecule has 15 heavy (non-hydrogen) atoms. The van der Waals surface area contributed by atoms with Crippen LogP contribution in [0.5, 0.6) is 0 Å². The van der Waals surface area contributed by atoms with Crippen LogP contribution in [0.2, 0.25) is 0 Å². The number of halogens is 3. The molecule has 0 amide bonds. The molecule has 1 aromatic rings. The molecule has 1 aliphatic heterocycles. The van der Waals surface area contributed by atoms with Gasteiger partial charge in [-0.1, -0.05) is 12.1 Å². The quantitative estimate of drug-likeness (QED) is 0.754. The number of fused-ring (bicyclic) bond motifs is 1. The summed E-state index contributed by atoms with van der Waals surface area (Å²) in [6.45, 7) is -0.161. The lowest BCUT2D eigenvalue weighted by molar-refractivity contribution is -0.140. The first-order chi connectivity index (χ1) is 7.00. The normalized spacial score (nSPS) is 19.9. The number of nitrogens with one attached hydrogen (secondary N) is 1. The SMILES string of the molecule is OCc1ccc2c(c1)NC(C(F)(F)F)C2. The van der Waals surface area contributed by atoms with Crippen LogP contribution in [-0.2, 0) is 13.0 Å². The Balaban J connectivity index is 2.24. The maximum Gasteiger partial charge on any atom is 0.408 e. The van der Waals surface area contributed by atoms with E-state index in [1.807, 2.05) is 0 Å². The Hall–Kier alpha value is -1.23. The number of aliphatic hydroxyl groups is 1. The van der Waals surface area contributed by atoms with Crippen LogP contribution in [0.1, 0.15) is 11.1 Å². The van der Waals surface area contributed by atoms with Crippen LogP contribution in [0, 0.1) is 0 Å². The van der Waals surface area contributed by atoms with Crippen molar-refractivity contribution in [2.45, 2.75) is 25.2 Å². The van der Waals surface area contributed by atoms with Crippen LogP contribution in [0.3, 0.4) is 0 Å². The molecule has 1 unspecified atom stereocenters. The van der Waals surface area contributed by atoms with Crippen molar-refractivity contribution in [1.29, 1.82) is 0 Å². The Kier molecular flexibility index (Phi) is 2.34. The summed E-state index contributed by atoms with van der Waals surface area (Å²) in [6, 6.07) is 3.32. The standard InChI is InChI=1S/C10H10F3NO/c11-10(12,13)9-4-7-2-1-6(5-15)3-8(7)14-9/h1-3,9,14-15H,4-5H2. The molecule has 5 heteroatoms. The van der Waals surface area contributed by atoms with Crippen molar-refractivity contribution in [2.75, 3.05) is 5.32 Å². The Morgan fingerprint density at radius 3 is 2.73 bits per heavy atom. The summed E-state index contributed by atoms with van der Waals surface area (Å²) in [4.78, 5) is 0. The summed E-state index contributed by atoms with van der Waals surface area (Å²) in [6.07, 6.45) is -4.26. The second-order valence-corrected chi connectivity index (χ2v) is 3.59. The van der Waals surface area contributed by atoms with Crippen molar-refractivity contribution in [3.8, 4) is 0 Å². The van der Waals surface area contributed by atoms with Gasteiger partial charge < -0.3 is 10.4 Å². The van der Waals surface area contributed by atoms with Crippen LogP contribution >= 0.6 is 0 Å². The number of aliphatic hydroxyl groups excluding tert-OH is 1. The lowest BCUT2D eigenvalue weighted by Crippen LogP contribution is -2.34. The van der Waals surface area contributed by atoms with Gasteiger partial charge >= 0.3 is 6.18 Å². The van der Waals surface area contributed by atoms with E-state index in [9.17, 15) is 13.2 Å². The van der Waals surface area contributed by atoms with Crippen molar-refractivity contribution in [3.05, 3.63) is 29.3 Å². The van der Waals surface area contributed by atoms with E-state index in [1.54, 1.807) is 18.2 Å². The number of hydrogen-bond acceptors (Lipinski definition) is 2. The molecule has 0 radical (unpaired) electrons. The molecule has 0 bridgehead atoms. The summed E-state index contributed by atoms with van der Waals surface area (Å²) >= 11 is 0. The molecule has 1 aliphatic rings. The molecule has 0 fully saturated rings. The zero-order chi connectivity index (χ0) is 11.1. The van der Waals surface area contributed by atoms with Gasteiger partial charge in [-0.3, -0.25) is 0 Å². The second kappa shape index (κ2) is 3.41. The highest BCUT2D eigenvalue weighted by Crippen LogP contribution is 2.34. The molecule has 0 spiro atoms. The van der Waals surface area contributed by atoms with E-state index in [1.165, 1.54) is 0 Å². The molecule has 1 atom stereocenters. The Morgan fingerprint density at radius 2 is 2.13 bits per heavy atom. The zero-order valence-electron chi connectivity index (χ0n) is 7.80. The average Bonchev–Trinajstić information content (AvgIpc) is 2.59. The van der Waals surface area contributed by atoms with E-state index in [-0.39, 0.29) is 13.0 Å². The number of rotatable bonds is 1. The third-order valence-electron chi connectivity index (χ3n) is 2.51. The fourth-order valence-corrected chi connectivity index (χ4v) is 1.69. The molecule has 2 rings (SSSR count). The Labute approximate surface area is 84.7 Å². The fraction of sp³-hybridized carbons (Fsp3) is 0.400. The summed E-state index contributed by atoms with van der Waals surface area (Å²) in [5, 5.41) is 11.3. The maximum atomic E-state index is 12.4. The third kappa shape index (κ3) is 1.92. The van der Waals surface area contributed by atoms with Crippen LogP contribution in [0.25, 0.3) is 0 Å². The Morgan fingerprint density at radius 1 is 1.40 bits per heavy atom. The molecule has 82 valence electrons. The van der Waals surface area contributed by atoms with Crippen molar-refractivity contribution in [2.24, 2.45) is 0 Å². The van der Waals surface area contributed by atoms with Crippen LogP contribution in [0.15, 0.2) is 18.2 Å². The van der Waals surface area contributed by atoms with E-state index in [4.69, 9.17) is 5.11 Å². The van der Waals surface area contributed by atoms with Crippen molar-refractivity contribution >= 4 is 5.69 Å². The highest BCUT2D eigenvalue weighted by atomic mass is 19.4. The monoisotopic (exact) mass is 217 g/mol. The second-order valence-electron chi connectivity index (χ2n) is 3.59. The number of benzene rings is 1. The molecule has 2 nitrogen and oxygen atoms in total. The smallest absolute Gasteiger partial charge is 0.392 e. The van der Waals surface area contributed by atoms with Gasteiger partial charge in [0.1, 0.15) is 6.04 Å². The first-order valence-corrected chi connectivity index (χ1v) is 4.56. The van der Waals surface area contributed by atoms with Gasteiger partial charge in [-0.15, -0.1) is 0 Å². The summed E-state index contributed by atoms with van der Waals surface area (Å²) < 4.78 is 37.2. The highest BCUT2D eigenvalue weighted by Gasteiger charge is 2.42. The number of anilines is 1. The average molecular weight is 217 g/mol. The minimum atomic E-state index is -4.22. The molecule has 1 heterocycles. The maximum absolute atomic E-state index is 12.4. The van der Waals surface area contributed by atoms with E-state index in [0.717, 1.165) is 0 Å². The van der Waals surface area contributed by atoms with Gasteiger partial charge in [-0.05, 0) is 17.2 Å². The van der Waals surface area contributed by atoms with Gasteiger partial charge in [0.25, 0.3) is 0 Å². The fourth-order valence-electron chi connectivity index (χ4n) is 1.69. The molecular weight excluding hydrogens is 207 g/mol. The predicted octanol–water partition coefficient (Wildman–Crippen LogP) is 2.08. The summed E-state index contributed by atoms with van der Waals surface area (Å²) in [5.74, 6) is 0. The van der Waals surface area contributed by atoms with Crippen LogP contribution in [0.4, 0.5) is 18.9 Å². The highest BCUT2D eigenvalue weighted by molar-refractivity contribution is 5.58. The van der Waals surface area contributed by atoms with Gasteiger partial charge in [0.15, 0.2) is 0 Å². The van der Waals surface area contributed by atoms with E-state index >= 15 is 0 Å². The number of alkyl halides is 3. The topological polar surface area (TPSA) is 32.3 Å². The molecule has 0 aliphatic carbocycles. The van der Waals surface area contributed by atoms with Gasteiger partial charge in [0, 0.05) is 12.1 Å². The molecule has 0 saturated carbocycles. The zero-order valence-corrected chi connectivity index (χ0v) is 7.80. The summed E-state index contributed by atoms with van der Waals surface area (Å²) in [7, 11) is 0. The van der Waals surface area contributed by atoms with Gasteiger partial charge in [0.05, 0.1) is 6.61 Å². The van der Waals surface area contributed by atoms with Gasteiger partial charge in [0.2, 0.25) is 0 Å². The lowest BCUT2D eigenvalue weighted by Gasteiger charge is -2.14. The lowest BCUT2D eigenvalue weighted by atomic mass is 10.1. The molecule has 2 N–H and O–H groups in total. The first kappa shape index (κ1) is 10.3. The molecular formula is C10H10F3NO. The van der Waals surface area contributed by atoms with Crippen molar-refractivity contribution < 1.29 is 18.3 Å².